The fraction of sp³-hybridized carbons (Fsp3) is 0.600. The van der Waals surface area contributed by atoms with E-state index in [1.165, 1.54) is 0 Å². The molecule has 0 saturated heterocycles. The third-order valence-corrected chi connectivity index (χ3v) is 4.31. The summed E-state index contributed by atoms with van der Waals surface area (Å²) in [7, 11) is 0. The molecule has 0 saturated carbocycles. The van der Waals surface area contributed by atoms with Crippen LogP contribution in [0.4, 0.5) is 0 Å². The number of carbonyl (C=O) groups excluding carboxylic acids is 2. The number of aromatic nitrogens is 4. The normalized spacial score (nSPS) is 10.9. The number of aryl methyl sites for hydroxylation is 6. The maximum Gasteiger partial charge on any atom is 0.307 e. The summed E-state index contributed by atoms with van der Waals surface area (Å²) in [6.45, 7) is 9.12. The van der Waals surface area contributed by atoms with Crippen molar-refractivity contribution in [2.75, 3.05) is 13.2 Å². The lowest BCUT2D eigenvalue weighted by Crippen LogP contribution is -2.16. The van der Waals surface area contributed by atoms with E-state index in [1.807, 2.05) is 49.2 Å². The lowest BCUT2D eigenvalue weighted by molar-refractivity contribution is -0.152. The molecule has 0 spiro atoms. The summed E-state index contributed by atoms with van der Waals surface area (Å²) in [5.74, 6) is 1.29. The fourth-order valence-electron chi connectivity index (χ4n) is 3.02. The van der Waals surface area contributed by atoms with Crippen LogP contribution >= 0.6 is 0 Å². The van der Waals surface area contributed by atoms with Gasteiger partial charge in [0.05, 0.1) is 24.2 Å². The molecule has 0 amide bonds. The largest absolute Gasteiger partial charge is 0.462 e. The maximum absolute atomic E-state index is 11.8. The number of rotatable bonds is 11. The average molecular weight is 390 g/mol. The van der Waals surface area contributed by atoms with Crippen LogP contribution in [0.1, 0.15) is 49.7 Å². The van der Waals surface area contributed by atoms with Gasteiger partial charge in [0.2, 0.25) is 0 Å². The van der Waals surface area contributed by atoms with E-state index >= 15 is 0 Å². The molecule has 0 bridgehead atoms. The highest BCUT2D eigenvalue weighted by molar-refractivity contribution is 5.70. The molecule has 0 aliphatic carbocycles. The van der Waals surface area contributed by atoms with Gasteiger partial charge in [0.25, 0.3) is 0 Å². The third kappa shape index (κ3) is 6.51. The Hall–Kier alpha value is -2.64. The summed E-state index contributed by atoms with van der Waals surface area (Å²) in [6.07, 6.45) is 6.01. The first kappa shape index (κ1) is 21.7. The third-order valence-electron chi connectivity index (χ3n) is 4.31. The first-order valence-electron chi connectivity index (χ1n) is 9.79. The summed E-state index contributed by atoms with van der Waals surface area (Å²) in [5, 5.41) is 0. The van der Waals surface area contributed by atoms with Crippen LogP contribution in [-0.4, -0.2) is 44.3 Å². The van der Waals surface area contributed by atoms with Gasteiger partial charge in [-0.2, -0.15) is 0 Å². The van der Waals surface area contributed by atoms with Crippen LogP contribution in [0.2, 0.25) is 0 Å². The first-order valence-corrected chi connectivity index (χ1v) is 9.79. The van der Waals surface area contributed by atoms with Crippen molar-refractivity contribution in [3.05, 3.63) is 35.4 Å². The molecule has 2 heterocycles. The molecule has 0 aliphatic heterocycles. The quantitative estimate of drug-likeness (QED) is 0.432. The molecule has 2 aromatic rings. The number of hydrogen-bond acceptors (Lipinski definition) is 6. The molecule has 0 atom stereocenters. The monoisotopic (exact) mass is 390 g/mol. The smallest absolute Gasteiger partial charge is 0.307 e. The molecule has 154 valence electrons. The van der Waals surface area contributed by atoms with Gasteiger partial charge >= 0.3 is 11.9 Å². The van der Waals surface area contributed by atoms with Crippen LogP contribution in [0.15, 0.2) is 12.4 Å². The zero-order valence-corrected chi connectivity index (χ0v) is 17.2. The number of hydrogen-bond donors (Lipinski definition) is 0. The highest BCUT2D eigenvalue weighted by Crippen LogP contribution is 2.06. The molecule has 28 heavy (non-hydrogen) atoms. The van der Waals surface area contributed by atoms with Crippen molar-refractivity contribution in [3.63, 3.8) is 0 Å². The van der Waals surface area contributed by atoms with E-state index in [0.29, 0.717) is 13.1 Å². The van der Waals surface area contributed by atoms with Gasteiger partial charge in [0.15, 0.2) is 0 Å². The van der Waals surface area contributed by atoms with Crippen LogP contribution in [-0.2, 0) is 45.0 Å². The van der Waals surface area contributed by atoms with Crippen molar-refractivity contribution in [2.45, 2.75) is 66.5 Å². The van der Waals surface area contributed by atoms with E-state index in [1.54, 1.807) is 0 Å². The van der Waals surface area contributed by atoms with Gasteiger partial charge < -0.3 is 18.6 Å². The Morgan fingerprint density at radius 3 is 1.57 bits per heavy atom. The van der Waals surface area contributed by atoms with Crippen molar-refractivity contribution in [1.82, 2.24) is 19.1 Å². The fourth-order valence-corrected chi connectivity index (χ4v) is 3.02. The number of ether oxygens (including phenoxy) is 2. The lowest BCUT2D eigenvalue weighted by atomic mass is 10.4. The second kappa shape index (κ2) is 10.6. The van der Waals surface area contributed by atoms with Gasteiger partial charge in [-0.15, -0.1) is 0 Å². The molecule has 2 aromatic heterocycles. The van der Waals surface area contributed by atoms with Crippen LogP contribution in [0, 0.1) is 13.8 Å². The van der Waals surface area contributed by atoms with Gasteiger partial charge in [-0.3, -0.25) is 9.59 Å². The highest BCUT2D eigenvalue weighted by atomic mass is 16.6. The Morgan fingerprint density at radius 2 is 1.21 bits per heavy atom. The predicted octanol–water partition coefficient (Wildman–Crippen LogP) is 2.39. The minimum Gasteiger partial charge on any atom is -0.462 e. The number of carbonyl (C=O) groups is 2. The van der Waals surface area contributed by atoms with Gasteiger partial charge in [-0.25, -0.2) is 9.97 Å². The second-order valence-electron chi connectivity index (χ2n) is 6.63. The second-order valence-corrected chi connectivity index (χ2v) is 6.63. The summed E-state index contributed by atoms with van der Waals surface area (Å²) in [4.78, 5) is 32.5. The molecule has 0 aliphatic rings. The minimum atomic E-state index is -0.314. The van der Waals surface area contributed by atoms with Crippen molar-refractivity contribution < 1.29 is 19.1 Å². The Morgan fingerprint density at radius 1 is 0.821 bits per heavy atom. The van der Waals surface area contributed by atoms with E-state index in [2.05, 4.69) is 9.97 Å². The topological polar surface area (TPSA) is 88.2 Å². The molecule has 0 aromatic carbocycles. The van der Waals surface area contributed by atoms with Gasteiger partial charge in [-0.05, 0) is 13.8 Å². The van der Waals surface area contributed by atoms with Crippen molar-refractivity contribution >= 4 is 11.9 Å². The standard InChI is InChI=1S/C20H30N4O4/c1-5-17-21-15(3)13-23(17)9-7-19(25)27-11-12-28-20(26)8-10-24-14-16(4)22-18(24)6-2/h13-14H,5-12H2,1-4H3. The van der Waals surface area contributed by atoms with Gasteiger partial charge in [-0.1, -0.05) is 13.8 Å². The lowest BCUT2D eigenvalue weighted by Gasteiger charge is -2.09. The average Bonchev–Trinajstić information content (AvgIpc) is 3.22. The molecule has 0 N–H and O–H groups in total. The number of imidazole rings is 2. The molecular formula is C20H30N4O4. The number of esters is 2. The van der Waals surface area contributed by atoms with Crippen molar-refractivity contribution in [3.8, 4) is 0 Å². The molecule has 0 unspecified atom stereocenters. The highest BCUT2D eigenvalue weighted by Gasteiger charge is 2.10. The van der Waals surface area contributed by atoms with Crippen molar-refractivity contribution in [1.29, 1.82) is 0 Å². The molecule has 8 nitrogen and oxygen atoms in total. The van der Waals surface area contributed by atoms with E-state index in [4.69, 9.17) is 9.47 Å². The Labute approximate surface area is 165 Å². The predicted molar refractivity (Wildman–Crippen MR) is 104 cm³/mol. The van der Waals surface area contributed by atoms with E-state index < -0.39 is 0 Å². The molecule has 0 radical (unpaired) electrons. The summed E-state index contributed by atoms with van der Waals surface area (Å²) >= 11 is 0. The SMILES string of the molecule is CCc1nc(C)cn1CCC(=O)OCCOC(=O)CCn1cc(C)nc1CC. The Bertz CT molecular complexity index is 728. The van der Waals surface area contributed by atoms with Gasteiger partial charge in [0, 0.05) is 38.3 Å². The minimum absolute atomic E-state index is 0.0680. The molecular weight excluding hydrogens is 360 g/mol. The number of nitrogens with zero attached hydrogens (tertiary/aromatic N) is 4. The summed E-state index contributed by atoms with van der Waals surface area (Å²) < 4.78 is 14.2. The summed E-state index contributed by atoms with van der Waals surface area (Å²) in [5.41, 5.74) is 1.88. The van der Waals surface area contributed by atoms with Gasteiger partial charge in [0.1, 0.15) is 24.9 Å². The van der Waals surface area contributed by atoms with Crippen LogP contribution in [0.5, 0.6) is 0 Å². The maximum atomic E-state index is 11.8. The van der Waals surface area contributed by atoms with Crippen LogP contribution in [0.3, 0.4) is 0 Å². The zero-order valence-electron chi connectivity index (χ0n) is 17.2. The Kier molecular flexibility index (Phi) is 8.22. The molecule has 8 heteroatoms. The zero-order chi connectivity index (χ0) is 20.5. The van der Waals surface area contributed by atoms with Crippen LogP contribution in [0.25, 0.3) is 0 Å². The van der Waals surface area contributed by atoms with E-state index in [9.17, 15) is 9.59 Å². The van der Waals surface area contributed by atoms with E-state index in [-0.39, 0.29) is 38.0 Å². The van der Waals surface area contributed by atoms with Crippen molar-refractivity contribution in [2.24, 2.45) is 0 Å². The van der Waals surface area contributed by atoms with Crippen LogP contribution < -0.4 is 0 Å². The molecule has 0 fully saturated rings. The first-order chi connectivity index (χ1) is 13.4. The van der Waals surface area contributed by atoms with E-state index in [0.717, 1.165) is 35.9 Å². The summed E-state index contributed by atoms with van der Waals surface area (Å²) in [6, 6.07) is 0. The molecule has 2 rings (SSSR count). The Balaban J connectivity index is 1.61.